The number of aromatic nitrogens is 2. The number of nitrogens with one attached hydrogen (secondary N) is 1. The van der Waals surface area contributed by atoms with Gasteiger partial charge in [0.25, 0.3) is 5.91 Å². The van der Waals surface area contributed by atoms with Gasteiger partial charge in [0.2, 0.25) is 0 Å². The van der Waals surface area contributed by atoms with Crippen molar-refractivity contribution in [1.29, 1.82) is 0 Å². The van der Waals surface area contributed by atoms with Crippen molar-refractivity contribution in [3.8, 4) is 0 Å². The van der Waals surface area contributed by atoms with Crippen molar-refractivity contribution >= 4 is 5.91 Å². The van der Waals surface area contributed by atoms with Gasteiger partial charge in [-0.15, -0.1) is 0 Å². The fraction of sp³-hybridized carbons (Fsp3) is 0.444. The number of amides is 1. The first kappa shape index (κ1) is 10.6. The summed E-state index contributed by atoms with van der Waals surface area (Å²) < 4.78 is 0. The lowest BCUT2D eigenvalue weighted by Crippen LogP contribution is -2.31. The summed E-state index contributed by atoms with van der Waals surface area (Å²) >= 11 is 0. The molecular weight excluding hydrogens is 182 g/mol. The van der Waals surface area contributed by atoms with E-state index in [9.17, 15) is 9.90 Å². The van der Waals surface area contributed by atoms with E-state index >= 15 is 0 Å². The van der Waals surface area contributed by atoms with Gasteiger partial charge in [0.15, 0.2) is 0 Å². The SMILES string of the molecule is CCC(O)CNC(=O)c1ccnnc1. The number of rotatable bonds is 4. The van der Waals surface area contributed by atoms with E-state index in [0.717, 1.165) is 0 Å². The fourth-order valence-electron chi connectivity index (χ4n) is 0.882. The topological polar surface area (TPSA) is 75.1 Å². The van der Waals surface area contributed by atoms with E-state index in [-0.39, 0.29) is 12.5 Å². The van der Waals surface area contributed by atoms with Crippen LogP contribution in [0.1, 0.15) is 23.7 Å². The zero-order chi connectivity index (χ0) is 10.4. The van der Waals surface area contributed by atoms with E-state index in [1.807, 2.05) is 6.92 Å². The number of aliphatic hydroxyl groups is 1. The number of nitrogens with zero attached hydrogens (tertiary/aromatic N) is 2. The summed E-state index contributed by atoms with van der Waals surface area (Å²) in [6.07, 6.45) is 2.96. The van der Waals surface area contributed by atoms with E-state index in [1.54, 1.807) is 6.07 Å². The first-order valence-electron chi connectivity index (χ1n) is 4.47. The number of aliphatic hydroxyl groups excluding tert-OH is 1. The lowest BCUT2D eigenvalue weighted by molar-refractivity contribution is 0.0913. The Morgan fingerprint density at radius 3 is 3.00 bits per heavy atom. The van der Waals surface area contributed by atoms with Crippen molar-refractivity contribution in [3.63, 3.8) is 0 Å². The van der Waals surface area contributed by atoms with Crippen LogP contribution in [-0.4, -0.2) is 33.9 Å². The number of carbonyl (C=O) groups is 1. The first-order chi connectivity index (χ1) is 6.74. The third-order valence-electron chi connectivity index (χ3n) is 1.82. The summed E-state index contributed by atoms with van der Waals surface area (Å²) in [5.41, 5.74) is 0.448. The Morgan fingerprint density at radius 1 is 1.64 bits per heavy atom. The average molecular weight is 195 g/mol. The van der Waals surface area contributed by atoms with E-state index in [2.05, 4.69) is 15.5 Å². The third-order valence-corrected chi connectivity index (χ3v) is 1.82. The molecule has 0 aromatic carbocycles. The van der Waals surface area contributed by atoms with Crippen LogP contribution in [0.3, 0.4) is 0 Å². The molecule has 1 heterocycles. The van der Waals surface area contributed by atoms with Gasteiger partial charge in [0, 0.05) is 6.54 Å². The van der Waals surface area contributed by atoms with Gasteiger partial charge in [-0.25, -0.2) is 0 Å². The maximum Gasteiger partial charge on any atom is 0.253 e. The second kappa shape index (κ2) is 5.29. The molecule has 0 saturated heterocycles. The van der Waals surface area contributed by atoms with Crippen LogP contribution >= 0.6 is 0 Å². The Morgan fingerprint density at radius 2 is 2.43 bits per heavy atom. The predicted octanol–water partition coefficient (Wildman–Crippen LogP) is -0.0227. The molecular formula is C9H13N3O2. The predicted molar refractivity (Wildman–Crippen MR) is 50.7 cm³/mol. The summed E-state index contributed by atoms with van der Waals surface area (Å²) in [5.74, 6) is -0.243. The van der Waals surface area contributed by atoms with Crippen LogP contribution < -0.4 is 5.32 Å². The quantitative estimate of drug-likeness (QED) is 0.707. The second-order valence-corrected chi connectivity index (χ2v) is 2.90. The normalized spacial score (nSPS) is 12.1. The zero-order valence-electron chi connectivity index (χ0n) is 7.97. The van der Waals surface area contributed by atoms with E-state index in [0.29, 0.717) is 12.0 Å². The third kappa shape index (κ3) is 3.10. The summed E-state index contributed by atoms with van der Waals surface area (Å²) in [7, 11) is 0. The lowest BCUT2D eigenvalue weighted by atomic mass is 10.2. The Kier molecular flexibility index (Phi) is 4.00. The summed E-state index contributed by atoms with van der Waals surface area (Å²) in [6, 6.07) is 1.57. The van der Waals surface area contributed by atoms with Gasteiger partial charge in [0.05, 0.1) is 24.1 Å². The van der Waals surface area contributed by atoms with Crippen molar-refractivity contribution in [2.75, 3.05) is 6.54 Å². The highest BCUT2D eigenvalue weighted by atomic mass is 16.3. The molecule has 0 saturated carbocycles. The highest BCUT2D eigenvalue weighted by Crippen LogP contribution is 1.94. The molecule has 1 unspecified atom stereocenters. The molecule has 76 valence electrons. The van der Waals surface area contributed by atoms with Crippen LogP contribution in [0.25, 0.3) is 0 Å². The summed E-state index contributed by atoms with van der Waals surface area (Å²) in [6.45, 7) is 2.11. The molecule has 5 heteroatoms. The van der Waals surface area contributed by atoms with Crippen LogP contribution in [-0.2, 0) is 0 Å². The van der Waals surface area contributed by atoms with E-state index in [1.165, 1.54) is 12.4 Å². The molecule has 0 bridgehead atoms. The minimum absolute atomic E-state index is 0.243. The van der Waals surface area contributed by atoms with Crippen LogP contribution in [0.4, 0.5) is 0 Å². The molecule has 5 nitrogen and oxygen atoms in total. The average Bonchev–Trinajstić information content (AvgIpc) is 2.26. The van der Waals surface area contributed by atoms with Crippen molar-refractivity contribution < 1.29 is 9.90 Å². The number of hydrogen-bond acceptors (Lipinski definition) is 4. The fourth-order valence-corrected chi connectivity index (χ4v) is 0.882. The molecule has 1 atom stereocenters. The van der Waals surface area contributed by atoms with Crippen molar-refractivity contribution in [2.24, 2.45) is 0 Å². The zero-order valence-corrected chi connectivity index (χ0v) is 7.97. The Hall–Kier alpha value is -1.49. The van der Waals surface area contributed by atoms with E-state index in [4.69, 9.17) is 0 Å². The second-order valence-electron chi connectivity index (χ2n) is 2.90. The van der Waals surface area contributed by atoms with Crippen molar-refractivity contribution in [3.05, 3.63) is 24.0 Å². The molecule has 2 N–H and O–H groups in total. The highest BCUT2D eigenvalue weighted by molar-refractivity contribution is 5.93. The van der Waals surface area contributed by atoms with Gasteiger partial charge in [-0.1, -0.05) is 6.92 Å². The molecule has 1 aromatic rings. The maximum atomic E-state index is 11.4. The monoisotopic (exact) mass is 195 g/mol. The first-order valence-corrected chi connectivity index (χ1v) is 4.47. The minimum atomic E-state index is -0.492. The van der Waals surface area contributed by atoms with Gasteiger partial charge >= 0.3 is 0 Å². The summed E-state index contributed by atoms with van der Waals surface area (Å²) in [4.78, 5) is 11.4. The van der Waals surface area contributed by atoms with Crippen molar-refractivity contribution in [1.82, 2.24) is 15.5 Å². The molecule has 0 spiro atoms. The standard InChI is InChI=1S/C9H13N3O2/c1-2-8(13)6-10-9(14)7-3-4-11-12-5-7/h3-5,8,13H,2,6H2,1H3,(H,10,14). The Labute approximate surface area is 82.2 Å². The molecule has 0 radical (unpaired) electrons. The van der Waals surface area contributed by atoms with Gasteiger partial charge in [-0.2, -0.15) is 10.2 Å². The largest absolute Gasteiger partial charge is 0.391 e. The Bertz CT molecular complexity index is 289. The van der Waals surface area contributed by atoms with Gasteiger partial charge in [0.1, 0.15) is 0 Å². The molecule has 1 rings (SSSR count). The van der Waals surface area contributed by atoms with Crippen LogP contribution in [0.2, 0.25) is 0 Å². The molecule has 1 amide bonds. The van der Waals surface area contributed by atoms with Crippen molar-refractivity contribution in [2.45, 2.75) is 19.4 Å². The molecule has 0 aliphatic heterocycles. The smallest absolute Gasteiger partial charge is 0.253 e. The molecule has 0 aliphatic rings. The van der Waals surface area contributed by atoms with Crippen LogP contribution in [0.5, 0.6) is 0 Å². The minimum Gasteiger partial charge on any atom is -0.391 e. The molecule has 14 heavy (non-hydrogen) atoms. The highest BCUT2D eigenvalue weighted by Gasteiger charge is 2.06. The van der Waals surface area contributed by atoms with Gasteiger partial charge in [-0.3, -0.25) is 4.79 Å². The number of hydrogen-bond donors (Lipinski definition) is 2. The van der Waals surface area contributed by atoms with E-state index < -0.39 is 6.10 Å². The lowest BCUT2D eigenvalue weighted by Gasteiger charge is -2.08. The van der Waals surface area contributed by atoms with Gasteiger partial charge < -0.3 is 10.4 Å². The van der Waals surface area contributed by atoms with Gasteiger partial charge in [-0.05, 0) is 12.5 Å². The summed E-state index contributed by atoms with van der Waals surface area (Å²) in [5, 5.41) is 18.9. The van der Waals surface area contributed by atoms with Crippen LogP contribution in [0, 0.1) is 0 Å². The molecule has 0 fully saturated rings. The van der Waals surface area contributed by atoms with Crippen LogP contribution in [0.15, 0.2) is 18.5 Å². The number of carbonyl (C=O) groups excluding carboxylic acids is 1. The Balaban J connectivity index is 2.44. The molecule has 0 aliphatic carbocycles. The maximum absolute atomic E-state index is 11.4. The molecule has 1 aromatic heterocycles.